The standard InChI is InChI=1S/C15H18ClNO5/c1-2-21-13-7-10(16)4-3-9(13)8-17-14(18)11-5-6-12(22-11)15(19)20/h3-4,7,11-12H,2,5-6,8H2,1H3,(H,17,18)(H,19,20)/t11-,12+/m0/s1. The Kier molecular flexibility index (Phi) is 5.63. The molecule has 2 rings (SSSR count). The van der Waals surface area contributed by atoms with Gasteiger partial charge in [-0.3, -0.25) is 4.79 Å². The fourth-order valence-corrected chi connectivity index (χ4v) is 2.43. The highest BCUT2D eigenvalue weighted by Crippen LogP contribution is 2.24. The van der Waals surface area contributed by atoms with Crippen LogP contribution in [0.5, 0.6) is 5.75 Å². The molecule has 7 heteroatoms. The van der Waals surface area contributed by atoms with Gasteiger partial charge in [-0.2, -0.15) is 0 Å². The number of carbonyl (C=O) groups excluding carboxylic acids is 1. The van der Waals surface area contributed by atoms with Crippen LogP contribution in [0.1, 0.15) is 25.3 Å². The van der Waals surface area contributed by atoms with E-state index in [1.54, 1.807) is 18.2 Å². The lowest BCUT2D eigenvalue weighted by atomic mass is 10.1. The lowest BCUT2D eigenvalue weighted by Gasteiger charge is -2.14. The Morgan fingerprint density at radius 1 is 1.41 bits per heavy atom. The van der Waals surface area contributed by atoms with Gasteiger partial charge in [0, 0.05) is 17.1 Å². The van der Waals surface area contributed by atoms with E-state index in [2.05, 4.69) is 5.32 Å². The predicted molar refractivity (Wildman–Crippen MR) is 80.0 cm³/mol. The second-order valence-electron chi connectivity index (χ2n) is 4.93. The molecule has 0 saturated carbocycles. The molecule has 1 saturated heterocycles. The van der Waals surface area contributed by atoms with E-state index in [-0.39, 0.29) is 12.5 Å². The Labute approximate surface area is 133 Å². The van der Waals surface area contributed by atoms with E-state index in [0.717, 1.165) is 5.56 Å². The Balaban J connectivity index is 1.93. The van der Waals surface area contributed by atoms with Gasteiger partial charge in [0.25, 0.3) is 0 Å². The van der Waals surface area contributed by atoms with Crippen molar-refractivity contribution in [3.63, 3.8) is 0 Å². The number of carbonyl (C=O) groups is 2. The number of nitrogens with one attached hydrogen (secondary N) is 1. The molecule has 1 aliphatic rings. The first-order valence-electron chi connectivity index (χ1n) is 7.08. The second-order valence-corrected chi connectivity index (χ2v) is 5.37. The van der Waals surface area contributed by atoms with Crippen LogP contribution in [0.4, 0.5) is 0 Å². The minimum atomic E-state index is -1.04. The van der Waals surface area contributed by atoms with Gasteiger partial charge in [0.15, 0.2) is 6.10 Å². The van der Waals surface area contributed by atoms with Crippen LogP contribution in [0.3, 0.4) is 0 Å². The highest BCUT2D eigenvalue weighted by atomic mass is 35.5. The van der Waals surface area contributed by atoms with E-state index in [9.17, 15) is 9.59 Å². The predicted octanol–water partition coefficient (Wildman–Crippen LogP) is 1.99. The number of benzene rings is 1. The Hall–Kier alpha value is -1.79. The maximum Gasteiger partial charge on any atom is 0.332 e. The number of rotatable bonds is 6. The fourth-order valence-electron chi connectivity index (χ4n) is 2.27. The molecule has 1 aromatic carbocycles. The monoisotopic (exact) mass is 327 g/mol. The summed E-state index contributed by atoms with van der Waals surface area (Å²) < 4.78 is 10.7. The molecule has 1 fully saturated rings. The number of carboxylic acid groups (broad SMARTS) is 1. The number of halogens is 1. The first kappa shape index (κ1) is 16.6. The van der Waals surface area contributed by atoms with Gasteiger partial charge in [0.05, 0.1) is 6.61 Å². The van der Waals surface area contributed by atoms with Crippen molar-refractivity contribution in [2.75, 3.05) is 6.61 Å². The quantitative estimate of drug-likeness (QED) is 0.834. The maximum atomic E-state index is 12.0. The molecule has 1 aromatic rings. The normalized spacial score (nSPS) is 20.6. The smallest absolute Gasteiger partial charge is 0.332 e. The van der Waals surface area contributed by atoms with Crippen LogP contribution >= 0.6 is 11.6 Å². The molecule has 2 atom stereocenters. The van der Waals surface area contributed by atoms with Gasteiger partial charge in [-0.15, -0.1) is 0 Å². The van der Waals surface area contributed by atoms with Gasteiger partial charge in [-0.05, 0) is 31.9 Å². The van der Waals surface area contributed by atoms with E-state index < -0.39 is 18.2 Å². The van der Waals surface area contributed by atoms with Crippen molar-refractivity contribution in [3.05, 3.63) is 28.8 Å². The Bertz CT molecular complexity index is 563. The largest absolute Gasteiger partial charge is 0.493 e. The van der Waals surface area contributed by atoms with Crippen molar-refractivity contribution in [1.29, 1.82) is 0 Å². The lowest BCUT2D eigenvalue weighted by Crippen LogP contribution is -2.35. The summed E-state index contributed by atoms with van der Waals surface area (Å²) >= 11 is 5.92. The molecule has 0 bridgehead atoms. The molecule has 1 aliphatic heterocycles. The fraction of sp³-hybridized carbons (Fsp3) is 0.467. The zero-order valence-corrected chi connectivity index (χ0v) is 12.9. The zero-order valence-electron chi connectivity index (χ0n) is 12.2. The van der Waals surface area contributed by atoms with Gasteiger partial charge >= 0.3 is 5.97 Å². The molecule has 2 N–H and O–H groups in total. The number of aliphatic carboxylic acids is 1. The minimum Gasteiger partial charge on any atom is -0.493 e. The topological polar surface area (TPSA) is 84.9 Å². The first-order valence-corrected chi connectivity index (χ1v) is 7.46. The number of hydrogen-bond donors (Lipinski definition) is 2. The van der Waals surface area contributed by atoms with E-state index in [1.165, 1.54) is 0 Å². The van der Waals surface area contributed by atoms with Gasteiger partial charge in [-0.1, -0.05) is 17.7 Å². The molecular formula is C15H18ClNO5. The molecular weight excluding hydrogens is 310 g/mol. The van der Waals surface area contributed by atoms with Gasteiger partial charge in [0.1, 0.15) is 11.9 Å². The van der Waals surface area contributed by atoms with Crippen molar-refractivity contribution in [1.82, 2.24) is 5.32 Å². The van der Waals surface area contributed by atoms with E-state index in [1.807, 2.05) is 6.92 Å². The summed E-state index contributed by atoms with van der Waals surface area (Å²) in [6, 6.07) is 5.19. The van der Waals surface area contributed by atoms with E-state index in [4.69, 9.17) is 26.2 Å². The average molecular weight is 328 g/mol. The first-order chi connectivity index (χ1) is 10.5. The third-order valence-electron chi connectivity index (χ3n) is 3.37. The van der Waals surface area contributed by atoms with Gasteiger partial charge in [0.2, 0.25) is 5.91 Å². The van der Waals surface area contributed by atoms with Gasteiger partial charge < -0.3 is 19.9 Å². The number of hydrogen-bond acceptors (Lipinski definition) is 4. The van der Waals surface area contributed by atoms with Crippen molar-refractivity contribution in [2.45, 2.75) is 38.5 Å². The van der Waals surface area contributed by atoms with Crippen LogP contribution in [0.25, 0.3) is 0 Å². The molecule has 0 aliphatic carbocycles. The lowest BCUT2D eigenvalue weighted by molar-refractivity contribution is -0.151. The Morgan fingerprint density at radius 2 is 2.14 bits per heavy atom. The average Bonchev–Trinajstić information content (AvgIpc) is 2.96. The molecule has 6 nitrogen and oxygen atoms in total. The third-order valence-corrected chi connectivity index (χ3v) is 3.60. The van der Waals surface area contributed by atoms with Crippen LogP contribution in [0, 0.1) is 0 Å². The minimum absolute atomic E-state index is 0.267. The van der Waals surface area contributed by atoms with Crippen molar-refractivity contribution in [3.8, 4) is 5.75 Å². The summed E-state index contributed by atoms with van der Waals surface area (Å²) in [5, 5.41) is 12.2. The van der Waals surface area contributed by atoms with Gasteiger partial charge in [-0.25, -0.2) is 4.79 Å². The van der Waals surface area contributed by atoms with Crippen molar-refractivity contribution < 1.29 is 24.2 Å². The van der Waals surface area contributed by atoms with E-state index >= 15 is 0 Å². The SMILES string of the molecule is CCOc1cc(Cl)ccc1CNC(=O)[C@@H]1CC[C@H](C(=O)O)O1. The zero-order chi connectivity index (χ0) is 16.1. The van der Waals surface area contributed by atoms with Crippen molar-refractivity contribution in [2.24, 2.45) is 0 Å². The second kappa shape index (κ2) is 7.47. The third kappa shape index (κ3) is 4.11. The molecule has 0 aromatic heterocycles. The molecule has 1 heterocycles. The highest BCUT2D eigenvalue weighted by Gasteiger charge is 2.34. The molecule has 0 radical (unpaired) electrons. The molecule has 22 heavy (non-hydrogen) atoms. The van der Waals surface area contributed by atoms with Crippen LogP contribution in [-0.2, 0) is 20.9 Å². The number of amides is 1. The summed E-state index contributed by atoms with van der Waals surface area (Å²) in [6.07, 6.45) is -0.866. The summed E-state index contributed by atoms with van der Waals surface area (Å²) in [7, 11) is 0. The maximum absolute atomic E-state index is 12.0. The molecule has 0 spiro atoms. The van der Waals surface area contributed by atoms with Crippen LogP contribution in [0.2, 0.25) is 5.02 Å². The van der Waals surface area contributed by atoms with Crippen LogP contribution < -0.4 is 10.1 Å². The number of ether oxygens (including phenoxy) is 2. The summed E-state index contributed by atoms with van der Waals surface area (Å²) in [4.78, 5) is 22.8. The van der Waals surface area contributed by atoms with E-state index in [0.29, 0.717) is 30.2 Å². The van der Waals surface area contributed by atoms with Crippen molar-refractivity contribution >= 4 is 23.5 Å². The highest BCUT2D eigenvalue weighted by molar-refractivity contribution is 6.30. The molecule has 1 amide bonds. The Morgan fingerprint density at radius 3 is 2.77 bits per heavy atom. The molecule has 120 valence electrons. The molecule has 0 unspecified atom stereocenters. The summed E-state index contributed by atoms with van der Waals surface area (Å²) in [6.45, 7) is 2.62. The summed E-state index contributed by atoms with van der Waals surface area (Å²) in [5.41, 5.74) is 0.799. The van der Waals surface area contributed by atoms with Crippen LogP contribution in [-0.4, -0.2) is 35.8 Å². The summed E-state index contributed by atoms with van der Waals surface area (Å²) in [5.74, 6) is -0.737. The van der Waals surface area contributed by atoms with Crippen LogP contribution in [0.15, 0.2) is 18.2 Å². The number of carboxylic acids is 1.